The first-order chi connectivity index (χ1) is 14.9. The van der Waals surface area contributed by atoms with Crippen LogP contribution in [0.25, 0.3) is 0 Å². The summed E-state index contributed by atoms with van der Waals surface area (Å²) in [5.41, 5.74) is 12.6. The van der Waals surface area contributed by atoms with Crippen molar-refractivity contribution in [2.45, 2.75) is 154 Å². The first kappa shape index (κ1) is 26.6. The van der Waals surface area contributed by atoms with Crippen molar-refractivity contribution in [3.63, 3.8) is 0 Å². The molecular weight excluding hydrogens is 382 g/mol. The molecule has 6 unspecified atom stereocenters. The minimum absolute atomic E-state index is 0.300. The average molecular weight is 436 g/mol. The highest BCUT2D eigenvalue weighted by Crippen LogP contribution is 2.34. The maximum absolute atomic E-state index is 13.4. The number of carbonyl (C=O) groups excluding carboxylic acids is 1. The molecule has 0 aromatic heterocycles. The van der Waals surface area contributed by atoms with Gasteiger partial charge < -0.3 is 16.4 Å². The molecule has 1 amide bonds. The molecule has 0 aromatic rings. The summed E-state index contributed by atoms with van der Waals surface area (Å²) in [5, 5.41) is 0. The summed E-state index contributed by atoms with van der Waals surface area (Å²) in [6.45, 7) is 6.80. The average Bonchev–Trinajstić information content (AvgIpc) is 2.74. The molecule has 2 aliphatic rings. The number of hydrogen-bond donors (Lipinski definition) is 2. The zero-order valence-corrected chi connectivity index (χ0v) is 21.0. The molecule has 0 saturated heterocycles. The Labute approximate surface area is 193 Å². The lowest BCUT2D eigenvalue weighted by Gasteiger charge is -2.46. The summed E-state index contributed by atoms with van der Waals surface area (Å²) in [5.74, 6) is 1.42. The Bertz CT molecular complexity index is 471. The molecule has 31 heavy (non-hydrogen) atoms. The van der Waals surface area contributed by atoms with E-state index in [1.54, 1.807) is 0 Å². The molecule has 4 heteroatoms. The van der Waals surface area contributed by atoms with E-state index < -0.39 is 0 Å². The zero-order chi connectivity index (χ0) is 22.6. The van der Waals surface area contributed by atoms with Crippen LogP contribution in [0.1, 0.15) is 130 Å². The predicted molar refractivity (Wildman–Crippen MR) is 133 cm³/mol. The molecule has 0 aliphatic heterocycles. The number of unbranched alkanes of at least 4 members (excludes halogenated alkanes) is 9. The standard InChI is InChI=1S/C27H53N3O/c1-4-5-6-7-8-9-10-11-12-13-14-27(31)30(23-15-17-25(28)21(2)19-23)24-16-18-26(29)22(3)20-24/h21-26H,4-20,28-29H2,1-3H3. The Morgan fingerprint density at radius 1 is 0.710 bits per heavy atom. The van der Waals surface area contributed by atoms with Crippen LogP contribution in [0.4, 0.5) is 0 Å². The fraction of sp³-hybridized carbons (Fsp3) is 0.963. The van der Waals surface area contributed by atoms with Crippen LogP contribution in [0.2, 0.25) is 0 Å². The van der Waals surface area contributed by atoms with Crippen molar-refractivity contribution in [3.8, 4) is 0 Å². The van der Waals surface area contributed by atoms with Gasteiger partial charge in [0.05, 0.1) is 0 Å². The van der Waals surface area contributed by atoms with E-state index in [2.05, 4.69) is 25.7 Å². The molecule has 4 nitrogen and oxygen atoms in total. The molecule has 0 bridgehead atoms. The lowest BCUT2D eigenvalue weighted by atomic mass is 9.78. The van der Waals surface area contributed by atoms with E-state index in [1.807, 2.05) is 0 Å². The molecule has 6 atom stereocenters. The normalized spacial score (nSPS) is 31.5. The molecule has 2 aliphatic carbocycles. The molecule has 0 heterocycles. The van der Waals surface area contributed by atoms with Crippen molar-refractivity contribution in [3.05, 3.63) is 0 Å². The van der Waals surface area contributed by atoms with Gasteiger partial charge in [-0.15, -0.1) is 0 Å². The minimum Gasteiger partial charge on any atom is -0.337 e. The number of nitrogens with two attached hydrogens (primary N) is 2. The topological polar surface area (TPSA) is 72.3 Å². The molecule has 0 spiro atoms. The first-order valence-electron chi connectivity index (χ1n) is 13.8. The van der Waals surface area contributed by atoms with E-state index in [0.717, 1.165) is 51.4 Å². The lowest BCUT2D eigenvalue weighted by Crippen LogP contribution is -2.54. The van der Waals surface area contributed by atoms with Gasteiger partial charge in [-0.2, -0.15) is 0 Å². The van der Waals surface area contributed by atoms with Crippen molar-refractivity contribution in [1.82, 2.24) is 4.90 Å². The van der Waals surface area contributed by atoms with Crippen molar-refractivity contribution in [1.29, 1.82) is 0 Å². The van der Waals surface area contributed by atoms with Crippen LogP contribution in [-0.2, 0) is 4.79 Å². The molecule has 2 rings (SSSR count). The van der Waals surface area contributed by atoms with Crippen LogP contribution in [-0.4, -0.2) is 35.0 Å². The fourth-order valence-corrected chi connectivity index (χ4v) is 5.89. The number of hydrogen-bond acceptors (Lipinski definition) is 3. The summed E-state index contributed by atoms with van der Waals surface area (Å²) >= 11 is 0. The number of nitrogens with zero attached hydrogens (tertiary/aromatic N) is 1. The van der Waals surface area contributed by atoms with Crippen LogP contribution in [0.3, 0.4) is 0 Å². The SMILES string of the molecule is CCCCCCCCCCCCC(=O)N(C1CCC(N)C(C)C1)C1CCC(N)C(C)C1. The van der Waals surface area contributed by atoms with E-state index in [-0.39, 0.29) is 0 Å². The molecule has 0 radical (unpaired) electrons. The van der Waals surface area contributed by atoms with Gasteiger partial charge in [-0.25, -0.2) is 0 Å². The monoisotopic (exact) mass is 435 g/mol. The smallest absolute Gasteiger partial charge is 0.223 e. The minimum atomic E-state index is 0.300. The van der Waals surface area contributed by atoms with Gasteiger partial charge in [-0.05, 0) is 56.8 Å². The molecule has 4 N–H and O–H groups in total. The third-order valence-electron chi connectivity index (χ3n) is 8.23. The van der Waals surface area contributed by atoms with E-state index in [1.165, 1.54) is 57.8 Å². The molecule has 2 fully saturated rings. The van der Waals surface area contributed by atoms with Gasteiger partial charge in [0.25, 0.3) is 0 Å². The quantitative estimate of drug-likeness (QED) is 0.340. The van der Waals surface area contributed by atoms with Crippen molar-refractivity contribution in [2.75, 3.05) is 0 Å². The van der Waals surface area contributed by atoms with Crippen LogP contribution in [0, 0.1) is 11.8 Å². The van der Waals surface area contributed by atoms with E-state index in [9.17, 15) is 4.79 Å². The number of amides is 1. The third kappa shape index (κ3) is 9.04. The van der Waals surface area contributed by atoms with Crippen molar-refractivity contribution >= 4 is 5.91 Å². The fourth-order valence-electron chi connectivity index (χ4n) is 5.89. The van der Waals surface area contributed by atoms with Gasteiger partial charge in [-0.3, -0.25) is 4.79 Å². The maximum atomic E-state index is 13.4. The van der Waals surface area contributed by atoms with Gasteiger partial charge in [0.15, 0.2) is 0 Å². The predicted octanol–water partition coefficient (Wildman–Crippen LogP) is 6.16. The highest BCUT2D eigenvalue weighted by atomic mass is 16.2. The van der Waals surface area contributed by atoms with Crippen LogP contribution in [0.5, 0.6) is 0 Å². The summed E-state index contributed by atoms with van der Waals surface area (Å²) in [6.07, 6.45) is 20.2. The summed E-state index contributed by atoms with van der Waals surface area (Å²) in [7, 11) is 0. The lowest BCUT2D eigenvalue weighted by molar-refractivity contribution is -0.139. The zero-order valence-electron chi connectivity index (χ0n) is 21.0. The Morgan fingerprint density at radius 2 is 1.13 bits per heavy atom. The van der Waals surface area contributed by atoms with E-state index in [4.69, 9.17) is 11.5 Å². The third-order valence-corrected chi connectivity index (χ3v) is 8.23. The first-order valence-corrected chi connectivity index (χ1v) is 13.8. The Kier molecular flexibility index (Phi) is 12.5. The second-order valence-electron chi connectivity index (χ2n) is 10.9. The van der Waals surface area contributed by atoms with Gasteiger partial charge in [0, 0.05) is 30.6 Å². The van der Waals surface area contributed by atoms with Gasteiger partial charge in [0.1, 0.15) is 0 Å². The summed E-state index contributed by atoms with van der Waals surface area (Å²) in [6, 6.07) is 1.37. The van der Waals surface area contributed by atoms with Crippen LogP contribution in [0.15, 0.2) is 0 Å². The summed E-state index contributed by atoms with van der Waals surface area (Å²) < 4.78 is 0. The second kappa shape index (κ2) is 14.5. The number of carbonyl (C=O) groups is 1. The maximum Gasteiger partial charge on any atom is 0.223 e. The Morgan fingerprint density at radius 3 is 1.55 bits per heavy atom. The molecule has 0 aromatic carbocycles. The van der Waals surface area contributed by atoms with Gasteiger partial charge >= 0.3 is 0 Å². The van der Waals surface area contributed by atoms with Gasteiger partial charge in [0.2, 0.25) is 5.91 Å². The molecule has 182 valence electrons. The Hall–Kier alpha value is -0.610. The van der Waals surface area contributed by atoms with E-state index >= 15 is 0 Å². The highest BCUT2D eigenvalue weighted by Gasteiger charge is 2.37. The number of rotatable bonds is 13. The second-order valence-corrected chi connectivity index (χ2v) is 10.9. The largest absolute Gasteiger partial charge is 0.337 e. The van der Waals surface area contributed by atoms with Gasteiger partial charge in [-0.1, -0.05) is 78.6 Å². The van der Waals surface area contributed by atoms with Crippen LogP contribution >= 0.6 is 0 Å². The van der Waals surface area contributed by atoms with Crippen molar-refractivity contribution < 1.29 is 4.79 Å². The van der Waals surface area contributed by atoms with Crippen LogP contribution < -0.4 is 11.5 Å². The molecule has 2 saturated carbocycles. The highest BCUT2D eigenvalue weighted by molar-refractivity contribution is 5.77. The Balaban J connectivity index is 1.78. The van der Waals surface area contributed by atoms with Crippen molar-refractivity contribution in [2.24, 2.45) is 23.3 Å². The van der Waals surface area contributed by atoms with E-state index in [0.29, 0.717) is 41.9 Å². The molecular formula is C27H53N3O. The summed E-state index contributed by atoms with van der Waals surface area (Å²) in [4.78, 5) is 15.7.